The first kappa shape index (κ1) is 22.3. The molecular formula is C21H18ClN3O5S. The molecule has 8 nitrogen and oxygen atoms in total. The van der Waals surface area contributed by atoms with E-state index in [-0.39, 0.29) is 5.91 Å². The van der Waals surface area contributed by atoms with Gasteiger partial charge in [-0.25, -0.2) is 0 Å². The average molecular weight is 460 g/mol. The van der Waals surface area contributed by atoms with Gasteiger partial charge in [-0.15, -0.1) is 11.3 Å². The van der Waals surface area contributed by atoms with Crippen LogP contribution in [0, 0.1) is 0 Å². The van der Waals surface area contributed by atoms with E-state index in [9.17, 15) is 19.2 Å². The molecule has 0 aliphatic rings. The predicted molar refractivity (Wildman–Crippen MR) is 120 cm³/mol. The van der Waals surface area contributed by atoms with Gasteiger partial charge in [0.25, 0.3) is 11.8 Å². The molecule has 0 atom stereocenters. The second-order valence-electron chi connectivity index (χ2n) is 6.39. The van der Waals surface area contributed by atoms with Crippen molar-refractivity contribution in [2.24, 2.45) is 0 Å². The Bertz CT molecular complexity index is 1140. The van der Waals surface area contributed by atoms with Gasteiger partial charge in [-0.05, 0) is 30.3 Å². The Hall–Kier alpha value is -3.43. The maximum absolute atomic E-state index is 12.3. The van der Waals surface area contributed by atoms with Crippen LogP contribution in [0.25, 0.3) is 10.1 Å². The van der Waals surface area contributed by atoms with E-state index in [1.54, 1.807) is 24.3 Å². The molecule has 0 aliphatic carbocycles. The number of benzene rings is 2. The molecule has 3 amide bonds. The molecule has 0 unspecified atom stereocenters. The summed E-state index contributed by atoms with van der Waals surface area (Å²) >= 11 is 7.47. The van der Waals surface area contributed by atoms with Crippen molar-refractivity contribution < 1.29 is 23.9 Å². The lowest BCUT2D eigenvalue weighted by molar-refractivity contribution is -0.146. The van der Waals surface area contributed by atoms with Gasteiger partial charge in [-0.1, -0.05) is 29.8 Å². The summed E-state index contributed by atoms with van der Waals surface area (Å²) in [5.74, 6) is -2.00. The van der Waals surface area contributed by atoms with E-state index in [0.29, 0.717) is 21.3 Å². The van der Waals surface area contributed by atoms with E-state index < -0.39 is 30.9 Å². The fraction of sp³-hybridized carbons (Fsp3) is 0.143. The number of halogens is 1. The molecule has 1 heterocycles. The quantitative estimate of drug-likeness (QED) is 0.468. The number of amides is 3. The highest BCUT2D eigenvalue weighted by Crippen LogP contribution is 2.34. The minimum absolute atomic E-state index is 0.203. The number of carbonyl (C=O) groups is 4. The zero-order valence-electron chi connectivity index (χ0n) is 16.4. The molecular weight excluding hydrogens is 442 g/mol. The monoisotopic (exact) mass is 459 g/mol. The Labute approximate surface area is 186 Å². The number of rotatable bonds is 7. The third-order valence-corrected chi connectivity index (χ3v) is 5.66. The van der Waals surface area contributed by atoms with Gasteiger partial charge in [0, 0.05) is 28.4 Å². The van der Waals surface area contributed by atoms with Crippen LogP contribution in [-0.4, -0.2) is 36.8 Å². The van der Waals surface area contributed by atoms with E-state index in [4.69, 9.17) is 16.3 Å². The molecule has 31 heavy (non-hydrogen) atoms. The zero-order chi connectivity index (χ0) is 22.4. The fourth-order valence-corrected chi connectivity index (χ4v) is 4.06. The van der Waals surface area contributed by atoms with Gasteiger partial charge in [0.05, 0.1) is 5.02 Å². The van der Waals surface area contributed by atoms with Gasteiger partial charge >= 0.3 is 5.97 Å². The van der Waals surface area contributed by atoms with Crippen LogP contribution >= 0.6 is 22.9 Å². The summed E-state index contributed by atoms with van der Waals surface area (Å²) < 4.78 is 5.74. The van der Waals surface area contributed by atoms with Crippen LogP contribution in [0.1, 0.15) is 16.6 Å². The van der Waals surface area contributed by atoms with Gasteiger partial charge in [-0.2, -0.15) is 0 Å². The van der Waals surface area contributed by atoms with Crippen molar-refractivity contribution in [3.63, 3.8) is 0 Å². The number of ether oxygens (including phenoxy) is 1. The molecule has 2 aromatic carbocycles. The summed E-state index contributed by atoms with van der Waals surface area (Å²) in [4.78, 5) is 47.4. The molecule has 0 spiro atoms. The van der Waals surface area contributed by atoms with E-state index in [2.05, 4.69) is 16.0 Å². The Balaban J connectivity index is 1.44. The minimum Gasteiger partial charge on any atom is -0.454 e. The first-order chi connectivity index (χ1) is 14.8. The highest BCUT2D eigenvalue weighted by atomic mass is 35.5. The molecule has 3 rings (SSSR count). The lowest BCUT2D eigenvalue weighted by atomic mass is 10.2. The van der Waals surface area contributed by atoms with Crippen molar-refractivity contribution in [3.05, 3.63) is 58.4 Å². The normalized spacial score (nSPS) is 10.4. The number of nitrogens with one attached hydrogen (secondary N) is 3. The van der Waals surface area contributed by atoms with Crippen molar-refractivity contribution in [3.8, 4) is 0 Å². The lowest BCUT2D eigenvalue weighted by Crippen LogP contribution is -2.32. The van der Waals surface area contributed by atoms with Crippen LogP contribution in [0.4, 0.5) is 11.4 Å². The number of carbonyl (C=O) groups excluding carboxylic acids is 4. The molecule has 0 bridgehead atoms. The van der Waals surface area contributed by atoms with Gasteiger partial charge < -0.3 is 20.7 Å². The second-order valence-corrected chi connectivity index (χ2v) is 7.82. The number of anilines is 2. The molecule has 3 aromatic rings. The number of esters is 1. The molecule has 10 heteroatoms. The minimum atomic E-state index is -0.762. The van der Waals surface area contributed by atoms with Gasteiger partial charge in [0.15, 0.2) is 6.61 Å². The smallest absolute Gasteiger partial charge is 0.325 e. The summed E-state index contributed by atoms with van der Waals surface area (Å²) in [6.07, 6.45) is 0. The zero-order valence-corrected chi connectivity index (χ0v) is 17.9. The van der Waals surface area contributed by atoms with E-state index in [0.717, 1.165) is 10.1 Å². The maximum atomic E-state index is 12.3. The number of thiophene rings is 1. The van der Waals surface area contributed by atoms with Crippen molar-refractivity contribution in [1.29, 1.82) is 0 Å². The molecule has 160 valence electrons. The molecule has 3 N–H and O–H groups in total. The first-order valence-electron chi connectivity index (χ1n) is 9.12. The van der Waals surface area contributed by atoms with Crippen LogP contribution in [0.5, 0.6) is 0 Å². The molecule has 0 aliphatic heterocycles. The molecule has 0 saturated carbocycles. The van der Waals surface area contributed by atoms with Crippen LogP contribution in [0.2, 0.25) is 5.02 Å². The topological polar surface area (TPSA) is 114 Å². The predicted octanol–water partition coefficient (Wildman–Crippen LogP) is 3.42. The maximum Gasteiger partial charge on any atom is 0.325 e. The van der Waals surface area contributed by atoms with Crippen LogP contribution in [-0.2, 0) is 19.1 Å². The van der Waals surface area contributed by atoms with Crippen LogP contribution < -0.4 is 16.0 Å². The molecule has 0 radical (unpaired) electrons. The summed E-state index contributed by atoms with van der Waals surface area (Å²) in [7, 11) is 0. The number of hydrogen-bond donors (Lipinski definition) is 3. The third kappa shape index (κ3) is 6.03. The summed E-state index contributed by atoms with van der Waals surface area (Å²) in [6, 6.07) is 13.8. The largest absolute Gasteiger partial charge is 0.454 e. The van der Waals surface area contributed by atoms with Crippen LogP contribution in [0.15, 0.2) is 48.5 Å². The molecule has 0 fully saturated rings. The van der Waals surface area contributed by atoms with Gasteiger partial charge in [0.1, 0.15) is 11.4 Å². The summed E-state index contributed by atoms with van der Waals surface area (Å²) in [5, 5.41) is 8.71. The van der Waals surface area contributed by atoms with Crippen LogP contribution in [0.3, 0.4) is 0 Å². The SMILES string of the molecule is CC(=O)Nc1ccc(NC(=O)COC(=O)CNC(=O)c2sc3ccccc3c2Cl)cc1. The fourth-order valence-electron chi connectivity index (χ4n) is 2.63. The Morgan fingerprint density at radius 1 is 0.968 bits per heavy atom. The van der Waals surface area contributed by atoms with E-state index in [1.807, 2.05) is 24.3 Å². The summed E-state index contributed by atoms with van der Waals surface area (Å²) in [6.45, 7) is 0.484. The Morgan fingerprint density at radius 2 is 1.61 bits per heavy atom. The first-order valence-corrected chi connectivity index (χ1v) is 10.3. The van der Waals surface area contributed by atoms with Crippen molar-refractivity contribution in [2.45, 2.75) is 6.92 Å². The highest BCUT2D eigenvalue weighted by Gasteiger charge is 2.18. The van der Waals surface area contributed by atoms with Crippen molar-refractivity contribution in [2.75, 3.05) is 23.8 Å². The van der Waals surface area contributed by atoms with Gasteiger partial charge in [-0.3, -0.25) is 19.2 Å². The van der Waals surface area contributed by atoms with Crippen molar-refractivity contribution in [1.82, 2.24) is 5.32 Å². The number of fused-ring (bicyclic) bond motifs is 1. The Kier molecular flexibility index (Phi) is 7.22. The lowest BCUT2D eigenvalue weighted by Gasteiger charge is -2.08. The molecule has 1 aromatic heterocycles. The van der Waals surface area contributed by atoms with E-state index in [1.165, 1.54) is 18.3 Å². The third-order valence-electron chi connectivity index (χ3n) is 3.99. The molecule has 0 saturated heterocycles. The second kappa shape index (κ2) is 10.1. The average Bonchev–Trinajstić information content (AvgIpc) is 3.08. The highest BCUT2D eigenvalue weighted by molar-refractivity contribution is 7.21. The number of hydrogen-bond acceptors (Lipinski definition) is 6. The summed E-state index contributed by atoms with van der Waals surface area (Å²) in [5.41, 5.74) is 1.06. The van der Waals surface area contributed by atoms with Gasteiger partial charge in [0.2, 0.25) is 5.91 Å². The van der Waals surface area contributed by atoms with E-state index >= 15 is 0 Å². The standard InChI is InChI=1S/C21H18ClN3O5S/c1-12(26)24-13-6-8-14(9-7-13)25-17(27)11-30-18(28)10-23-21(29)20-19(22)15-4-2-3-5-16(15)31-20/h2-9H,10-11H2,1H3,(H,23,29)(H,24,26)(H,25,27). The van der Waals surface area contributed by atoms with Crippen molar-refractivity contribution >= 4 is 68.1 Å². The Morgan fingerprint density at radius 3 is 2.26 bits per heavy atom.